The Bertz CT molecular complexity index is 833. The van der Waals surface area contributed by atoms with Gasteiger partial charge in [0.25, 0.3) is 0 Å². The third-order valence-corrected chi connectivity index (χ3v) is 4.72. The molecule has 0 spiro atoms. The predicted molar refractivity (Wildman–Crippen MR) is 102 cm³/mol. The smallest absolute Gasteiger partial charge is 0.200 e. The lowest BCUT2D eigenvalue weighted by molar-refractivity contribution is 0.156. The van der Waals surface area contributed by atoms with Gasteiger partial charge in [0.2, 0.25) is 5.75 Å². The summed E-state index contributed by atoms with van der Waals surface area (Å²) in [5, 5.41) is 20.2. The van der Waals surface area contributed by atoms with Crippen molar-refractivity contribution in [1.82, 2.24) is 0 Å². The maximum atomic E-state index is 10.2. The van der Waals surface area contributed by atoms with Crippen LogP contribution in [0.2, 0.25) is 0 Å². The van der Waals surface area contributed by atoms with Crippen molar-refractivity contribution in [1.29, 1.82) is 0 Å². The number of benzene rings is 2. The molecule has 0 bridgehead atoms. The third-order valence-electron chi connectivity index (χ3n) is 4.72. The average Bonchev–Trinajstić information content (AvgIpc) is 3.06. The molecule has 0 radical (unpaired) electrons. The second-order valence-corrected chi connectivity index (χ2v) is 6.24. The van der Waals surface area contributed by atoms with Crippen LogP contribution in [0, 0.1) is 0 Å². The Kier molecular flexibility index (Phi) is 5.46. The zero-order valence-corrected chi connectivity index (χ0v) is 15.9. The van der Waals surface area contributed by atoms with E-state index in [-0.39, 0.29) is 29.8 Å². The minimum Gasteiger partial charge on any atom is -0.502 e. The van der Waals surface area contributed by atoms with Gasteiger partial charge in [-0.2, -0.15) is 0 Å². The molecule has 2 aromatic carbocycles. The van der Waals surface area contributed by atoms with Gasteiger partial charge in [-0.05, 0) is 36.8 Å². The van der Waals surface area contributed by atoms with Crippen molar-refractivity contribution in [3.63, 3.8) is 0 Å². The van der Waals surface area contributed by atoms with Crippen molar-refractivity contribution in [3.05, 3.63) is 47.0 Å². The number of phenols is 1. The zero-order valence-electron chi connectivity index (χ0n) is 15.9. The first-order chi connectivity index (χ1) is 13.1. The molecule has 27 heavy (non-hydrogen) atoms. The molecule has 2 N–H and O–H groups in total. The molecule has 2 atom stereocenters. The number of aliphatic hydroxyl groups excluding tert-OH is 1. The summed E-state index contributed by atoms with van der Waals surface area (Å²) in [6.45, 7) is 1.84. The van der Waals surface area contributed by atoms with E-state index in [0.29, 0.717) is 11.5 Å². The van der Waals surface area contributed by atoms with Crippen LogP contribution in [0.5, 0.6) is 28.7 Å². The maximum absolute atomic E-state index is 10.2. The van der Waals surface area contributed by atoms with Crippen LogP contribution in [-0.2, 0) is 0 Å². The molecular formula is C21H24O6. The van der Waals surface area contributed by atoms with Crippen molar-refractivity contribution in [2.75, 3.05) is 27.9 Å². The Morgan fingerprint density at radius 1 is 1.00 bits per heavy atom. The fraction of sp³-hybridized carbons (Fsp3) is 0.333. The van der Waals surface area contributed by atoms with Crippen molar-refractivity contribution >= 4 is 6.08 Å². The Balaban J connectivity index is 2.11. The van der Waals surface area contributed by atoms with Crippen molar-refractivity contribution in [2.24, 2.45) is 0 Å². The number of fused-ring (bicyclic) bond motifs is 1. The number of rotatable bonds is 6. The van der Waals surface area contributed by atoms with E-state index in [1.165, 1.54) is 14.2 Å². The minimum absolute atomic E-state index is 0.0761. The van der Waals surface area contributed by atoms with Gasteiger partial charge in [0.1, 0.15) is 6.10 Å². The molecule has 0 saturated carbocycles. The van der Waals surface area contributed by atoms with Gasteiger partial charge in [-0.15, -0.1) is 0 Å². The lowest BCUT2D eigenvalue weighted by Gasteiger charge is -2.20. The van der Waals surface area contributed by atoms with Gasteiger partial charge < -0.3 is 29.2 Å². The van der Waals surface area contributed by atoms with Gasteiger partial charge in [0.15, 0.2) is 23.0 Å². The summed E-state index contributed by atoms with van der Waals surface area (Å²) in [6, 6.07) is 7.27. The molecule has 6 heteroatoms. The quantitative estimate of drug-likeness (QED) is 0.806. The number of methoxy groups -OCH3 is 3. The largest absolute Gasteiger partial charge is 0.502 e. The Morgan fingerprint density at radius 3 is 2.15 bits per heavy atom. The fourth-order valence-corrected chi connectivity index (χ4v) is 3.43. The predicted octanol–water partition coefficient (Wildman–Crippen LogP) is 3.66. The molecule has 144 valence electrons. The topological polar surface area (TPSA) is 77.4 Å². The number of hydrogen-bond acceptors (Lipinski definition) is 6. The van der Waals surface area contributed by atoms with E-state index in [9.17, 15) is 10.2 Å². The summed E-state index contributed by atoms with van der Waals surface area (Å²) < 4.78 is 22.2. The molecule has 0 saturated heterocycles. The molecule has 1 aliphatic rings. The molecule has 1 heterocycles. The van der Waals surface area contributed by atoms with Gasteiger partial charge in [0.05, 0.1) is 33.9 Å². The van der Waals surface area contributed by atoms with Crippen LogP contribution in [0.1, 0.15) is 35.6 Å². The standard InChI is InChI=1S/C21H24O6/c1-5-6-12-7-14-15(11-22)20(27-21(14)18(8-12)26-4)13-9-16(24-2)19(23)17(10-13)25-3/h5-10,15,20,22-23H,11H2,1-4H3/t15-,20+/m1/s1. The third kappa shape index (κ3) is 3.28. The van der Waals surface area contributed by atoms with E-state index in [2.05, 4.69) is 0 Å². The van der Waals surface area contributed by atoms with Crippen LogP contribution in [0.3, 0.4) is 0 Å². The minimum atomic E-state index is -0.469. The summed E-state index contributed by atoms with van der Waals surface area (Å²) in [6.07, 6.45) is 3.44. The first kappa shape index (κ1) is 18.9. The van der Waals surface area contributed by atoms with Crippen LogP contribution < -0.4 is 18.9 Å². The summed E-state index contributed by atoms with van der Waals surface area (Å²) in [7, 11) is 4.53. The highest BCUT2D eigenvalue weighted by molar-refractivity contribution is 5.63. The van der Waals surface area contributed by atoms with Gasteiger partial charge >= 0.3 is 0 Å². The number of aliphatic hydroxyl groups is 1. The van der Waals surface area contributed by atoms with Crippen molar-refractivity contribution in [2.45, 2.75) is 18.9 Å². The summed E-state index contributed by atoms with van der Waals surface area (Å²) in [4.78, 5) is 0. The second-order valence-electron chi connectivity index (χ2n) is 6.24. The molecule has 6 nitrogen and oxygen atoms in total. The van der Waals surface area contributed by atoms with Crippen LogP contribution in [-0.4, -0.2) is 38.1 Å². The van der Waals surface area contributed by atoms with Crippen LogP contribution in [0.15, 0.2) is 30.3 Å². The highest BCUT2D eigenvalue weighted by atomic mass is 16.5. The molecular weight excluding hydrogens is 348 g/mol. The van der Waals surface area contributed by atoms with Gasteiger partial charge in [-0.3, -0.25) is 0 Å². The van der Waals surface area contributed by atoms with Gasteiger partial charge in [-0.25, -0.2) is 0 Å². The van der Waals surface area contributed by atoms with Crippen molar-refractivity contribution < 1.29 is 29.2 Å². The van der Waals surface area contributed by atoms with Crippen LogP contribution in [0.4, 0.5) is 0 Å². The zero-order chi connectivity index (χ0) is 19.6. The van der Waals surface area contributed by atoms with Crippen molar-refractivity contribution in [3.8, 4) is 28.7 Å². The molecule has 0 aliphatic carbocycles. The van der Waals surface area contributed by atoms with Gasteiger partial charge in [0, 0.05) is 11.1 Å². The number of ether oxygens (including phenoxy) is 4. The molecule has 0 amide bonds. The fourth-order valence-electron chi connectivity index (χ4n) is 3.43. The summed E-state index contributed by atoms with van der Waals surface area (Å²) >= 11 is 0. The molecule has 0 fully saturated rings. The lowest BCUT2D eigenvalue weighted by Crippen LogP contribution is -2.13. The first-order valence-electron chi connectivity index (χ1n) is 8.64. The molecule has 3 rings (SSSR count). The number of aromatic hydroxyl groups is 1. The normalized spacial score (nSPS) is 18.3. The van der Waals surface area contributed by atoms with Gasteiger partial charge in [-0.1, -0.05) is 12.2 Å². The Labute approximate surface area is 158 Å². The summed E-state index contributed by atoms with van der Waals surface area (Å²) in [5.74, 6) is 1.41. The SMILES string of the molecule is CC=Cc1cc(OC)c2c(c1)[C@@H](CO)[C@H](c1cc(OC)c(O)c(OC)c1)O2. The maximum Gasteiger partial charge on any atom is 0.200 e. The van der Waals surface area contributed by atoms with Crippen LogP contribution >= 0.6 is 0 Å². The average molecular weight is 372 g/mol. The van der Waals surface area contributed by atoms with E-state index >= 15 is 0 Å². The number of phenolic OH excluding ortho intramolecular Hbond substituents is 1. The highest BCUT2D eigenvalue weighted by Crippen LogP contribution is 2.52. The monoisotopic (exact) mass is 372 g/mol. The molecule has 0 unspecified atom stereocenters. The highest BCUT2D eigenvalue weighted by Gasteiger charge is 2.38. The van der Waals surface area contributed by atoms with E-state index in [0.717, 1.165) is 16.7 Å². The lowest BCUT2D eigenvalue weighted by atomic mass is 9.90. The number of allylic oxidation sites excluding steroid dienone is 1. The summed E-state index contributed by atoms with van der Waals surface area (Å²) in [5.41, 5.74) is 2.57. The first-order valence-corrected chi connectivity index (χ1v) is 8.64. The van der Waals surface area contributed by atoms with E-state index in [4.69, 9.17) is 18.9 Å². The number of hydrogen-bond donors (Lipinski definition) is 2. The van der Waals surface area contributed by atoms with E-state index in [1.54, 1.807) is 19.2 Å². The molecule has 0 aromatic heterocycles. The molecule has 2 aromatic rings. The van der Waals surface area contributed by atoms with Crippen LogP contribution in [0.25, 0.3) is 6.08 Å². The second kappa shape index (κ2) is 7.80. The van der Waals surface area contributed by atoms with E-state index < -0.39 is 6.10 Å². The Hall–Kier alpha value is -2.86. The van der Waals surface area contributed by atoms with E-state index in [1.807, 2.05) is 31.2 Å². The Morgan fingerprint density at radius 2 is 1.63 bits per heavy atom. The molecule has 1 aliphatic heterocycles.